The second-order valence-electron chi connectivity index (χ2n) is 4.18. The molecule has 1 atom stereocenters. The normalized spacial score (nSPS) is 18.7. The van der Waals surface area contributed by atoms with Crippen LogP contribution >= 0.6 is 0 Å². The van der Waals surface area contributed by atoms with E-state index in [9.17, 15) is 4.79 Å². The summed E-state index contributed by atoms with van der Waals surface area (Å²) >= 11 is 0. The van der Waals surface area contributed by atoms with Gasteiger partial charge >= 0.3 is 6.03 Å². The first kappa shape index (κ1) is 11.3. The van der Waals surface area contributed by atoms with Gasteiger partial charge in [0.2, 0.25) is 0 Å². The Hall–Kier alpha value is -0.770. The number of hydrogen-bond donors (Lipinski definition) is 2. The first-order chi connectivity index (χ1) is 6.65. The number of aliphatic hydroxyl groups is 1. The number of urea groups is 1. The van der Waals surface area contributed by atoms with Gasteiger partial charge in [0, 0.05) is 13.1 Å². The highest BCUT2D eigenvalue weighted by Gasteiger charge is 2.21. The summed E-state index contributed by atoms with van der Waals surface area (Å²) < 4.78 is 0. The van der Waals surface area contributed by atoms with E-state index in [1.54, 1.807) is 0 Å². The van der Waals surface area contributed by atoms with Gasteiger partial charge in [-0.25, -0.2) is 4.79 Å². The van der Waals surface area contributed by atoms with E-state index < -0.39 is 0 Å². The molecule has 0 unspecified atom stereocenters. The Labute approximate surface area is 85.3 Å². The van der Waals surface area contributed by atoms with Crippen LogP contribution in [0.2, 0.25) is 0 Å². The van der Waals surface area contributed by atoms with Gasteiger partial charge in [-0.2, -0.15) is 0 Å². The molecule has 0 aromatic carbocycles. The second-order valence-corrected chi connectivity index (χ2v) is 4.18. The van der Waals surface area contributed by atoms with Gasteiger partial charge in [-0.3, -0.25) is 0 Å². The highest BCUT2D eigenvalue weighted by atomic mass is 16.3. The van der Waals surface area contributed by atoms with Gasteiger partial charge in [0.15, 0.2) is 0 Å². The third-order valence-corrected chi connectivity index (χ3v) is 2.70. The molecule has 1 rings (SSSR count). The minimum Gasteiger partial charge on any atom is -0.394 e. The smallest absolute Gasteiger partial charge is 0.317 e. The summed E-state index contributed by atoms with van der Waals surface area (Å²) in [5.74, 6) is 0.270. The van der Waals surface area contributed by atoms with E-state index in [4.69, 9.17) is 5.11 Å². The van der Waals surface area contributed by atoms with Crippen LogP contribution in [0.15, 0.2) is 0 Å². The fourth-order valence-corrected chi connectivity index (χ4v) is 1.59. The number of carbonyl (C=O) groups excluding carboxylic acids is 1. The van der Waals surface area contributed by atoms with Gasteiger partial charge < -0.3 is 15.3 Å². The number of aliphatic hydroxyl groups excluding tert-OH is 1. The van der Waals surface area contributed by atoms with Crippen molar-refractivity contribution < 1.29 is 9.90 Å². The number of nitrogens with one attached hydrogen (secondary N) is 1. The monoisotopic (exact) mass is 200 g/mol. The van der Waals surface area contributed by atoms with Crippen molar-refractivity contribution in [3.05, 3.63) is 0 Å². The fourth-order valence-electron chi connectivity index (χ4n) is 1.59. The van der Waals surface area contributed by atoms with Crippen molar-refractivity contribution in [1.82, 2.24) is 10.2 Å². The summed E-state index contributed by atoms with van der Waals surface area (Å²) in [5.41, 5.74) is 0. The second kappa shape index (κ2) is 5.20. The summed E-state index contributed by atoms with van der Waals surface area (Å²) in [6.45, 7) is 5.69. The SMILES string of the molecule is CC(C)[C@H](CO)NC(=O)N1CCCC1. The van der Waals surface area contributed by atoms with E-state index in [0.29, 0.717) is 0 Å². The lowest BCUT2D eigenvalue weighted by atomic mass is 10.1. The third kappa shape index (κ3) is 2.87. The summed E-state index contributed by atoms with van der Waals surface area (Å²) in [5, 5.41) is 11.9. The van der Waals surface area contributed by atoms with Crippen molar-refractivity contribution in [3.63, 3.8) is 0 Å². The molecule has 0 saturated carbocycles. The van der Waals surface area contributed by atoms with Gasteiger partial charge in [-0.05, 0) is 18.8 Å². The van der Waals surface area contributed by atoms with E-state index in [2.05, 4.69) is 5.32 Å². The number of likely N-dealkylation sites (tertiary alicyclic amines) is 1. The Morgan fingerprint density at radius 3 is 2.43 bits per heavy atom. The van der Waals surface area contributed by atoms with Crippen LogP contribution in [0.25, 0.3) is 0 Å². The van der Waals surface area contributed by atoms with Crippen LogP contribution in [0.5, 0.6) is 0 Å². The van der Waals surface area contributed by atoms with E-state index >= 15 is 0 Å². The number of carbonyl (C=O) groups is 1. The highest BCUT2D eigenvalue weighted by molar-refractivity contribution is 5.74. The maximum absolute atomic E-state index is 11.6. The van der Waals surface area contributed by atoms with Crippen molar-refractivity contribution in [2.75, 3.05) is 19.7 Å². The van der Waals surface area contributed by atoms with Crippen LogP contribution in [0.4, 0.5) is 4.79 Å². The molecule has 0 aromatic rings. The maximum atomic E-state index is 11.6. The molecule has 2 amide bonds. The zero-order valence-electron chi connectivity index (χ0n) is 8.99. The van der Waals surface area contributed by atoms with Gasteiger partial charge in [-0.1, -0.05) is 13.8 Å². The first-order valence-corrected chi connectivity index (χ1v) is 5.31. The minimum atomic E-state index is -0.122. The number of amides is 2. The van der Waals surface area contributed by atoms with E-state index in [-0.39, 0.29) is 24.6 Å². The zero-order valence-corrected chi connectivity index (χ0v) is 8.99. The number of hydrogen-bond acceptors (Lipinski definition) is 2. The Balaban J connectivity index is 2.37. The molecule has 1 aliphatic rings. The molecular weight excluding hydrogens is 180 g/mol. The van der Waals surface area contributed by atoms with Crippen molar-refractivity contribution in [3.8, 4) is 0 Å². The standard InChI is InChI=1S/C10H20N2O2/c1-8(2)9(7-13)11-10(14)12-5-3-4-6-12/h8-9,13H,3-7H2,1-2H3,(H,11,14)/t9-/m0/s1. The molecule has 4 nitrogen and oxygen atoms in total. The third-order valence-electron chi connectivity index (χ3n) is 2.70. The molecule has 2 N–H and O–H groups in total. The Morgan fingerprint density at radius 2 is 2.00 bits per heavy atom. The van der Waals surface area contributed by atoms with Crippen LogP contribution < -0.4 is 5.32 Å². The molecule has 1 heterocycles. The fraction of sp³-hybridized carbons (Fsp3) is 0.900. The summed E-state index contributed by atoms with van der Waals surface area (Å²) in [4.78, 5) is 13.4. The Bertz CT molecular complexity index is 189. The summed E-state index contributed by atoms with van der Waals surface area (Å²) in [6, 6.07) is -0.154. The molecule has 14 heavy (non-hydrogen) atoms. The minimum absolute atomic E-state index is 0.0112. The van der Waals surface area contributed by atoms with Crippen LogP contribution in [-0.2, 0) is 0 Å². The van der Waals surface area contributed by atoms with Crippen LogP contribution in [0.3, 0.4) is 0 Å². The molecule has 1 aliphatic heterocycles. The first-order valence-electron chi connectivity index (χ1n) is 5.31. The van der Waals surface area contributed by atoms with Crippen molar-refractivity contribution in [1.29, 1.82) is 0 Å². The molecule has 82 valence electrons. The van der Waals surface area contributed by atoms with Crippen LogP contribution in [0, 0.1) is 5.92 Å². The predicted molar refractivity (Wildman–Crippen MR) is 55.1 cm³/mol. The predicted octanol–water partition coefficient (Wildman–Crippen LogP) is 0.809. The summed E-state index contributed by atoms with van der Waals surface area (Å²) in [7, 11) is 0. The van der Waals surface area contributed by atoms with Gasteiger partial charge in [0.1, 0.15) is 0 Å². The average Bonchev–Trinajstić information content (AvgIpc) is 2.65. The molecule has 0 aromatic heterocycles. The molecule has 1 saturated heterocycles. The molecule has 0 bridgehead atoms. The lowest BCUT2D eigenvalue weighted by molar-refractivity contribution is 0.178. The largest absolute Gasteiger partial charge is 0.394 e. The molecule has 1 fully saturated rings. The maximum Gasteiger partial charge on any atom is 0.317 e. The van der Waals surface area contributed by atoms with Crippen LogP contribution in [0.1, 0.15) is 26.7 Å². The highest BCUT2D eigenvalue weighted by Crippen LogP contribution is 2.08. The molecular formula is C10H20N2O2. The summed E-state index contributed by atoms with van der Waals surface area (Å²) in [6.07, 6.45) is 2.19. The topological polar surface area (TPSA) is 52.6 Å². The Morgan fingerprint density at radius 1 is 1.43 bits per heavy atom. The lowest BCUT2D eigenvalue weighted by Gasteiger charge is -2.24. The lowest BCUT2D eigenvalue weighted by Crippen LogP contribution is -2.47. The van der Waals surface area contributed by atoms with Gasteiger partial charge in [-0.15, -0.1) is 0 Å². The Kier molecular flexibility index (Phi) is 4.20. The number of nitrogens with zero attached hydrogens (tertiary/aromatic N) is 1. The zero-order chi connectivity index (χ0) is 10.6. The molecule has 4 heteroatoms. The van der Waals surface area contributed by atoms with Gasteiger partial charge in [0.05, 0.1) is 12.6 Å². The van der Waals surface area contributed by atoms with Crippen molar-refractivity contribution in [2.45, 2.75) is 32.7 Å². The van der Waals surface area contributed by atoms with E-state index in [1.807, 2.05) is 18.7 Å². The quantitative estimate of drug-likeness (QED) is 0.708. The van der Waals surface area contributed by atoms with E-state index in [0.717, 1.165) is 25.9 Å². The molecule has 0 aliphatic carbocycles. The van der Waals surface area contributed by atoms with Crippen molar-refractivity contribution in [2.24, 2.45) is 5.92 Å². The molecule has 0 spiro atoms. The number of rotatable bonds is 3. The van der Waals surface area contributed by atoms with Crippen molar-refractivity contribution >= 4 is 6.03 Å². The average molecular weight is 200 g/mol. The van der Waals surface area contributed by atoms with Gasteiger partial charge in [0.25, 0.3) is 0 Å². The molecule has 0 radical (unpaired) electrons. The van der Waals surface area contributed by atoms with E-state index in [1.165, 1.54) is 0 Å². The van der Waals surface area contributed by atoms with Crippen LogP contribution in [-0.4, -0.2) is 41.8 Å².